The minimum atomic E-state index is -3.69. The van der Waals surface area contributed by atoms with Gasteiger partial charge in [-0.1, -0.05) is 55.2 Å². The van der Waals surface area contributed by atoms with E-state index in [2.05, 4.69) is 20.7 Å². The summed E-state index contributed by atoms with van der Waals surface area (Å²) in [6, 6.07) is 4.40. The molecule has 118 valence electrons. The summed E-state index contributed by atoms with van der Waals surface area (Å²) in [5.41, 5.74) is 5.55. The Balaban J connectivity index is 2.34. The molecule has 7 heteroatoms. The first-order chi connectivity index (χ1) is 9.40. The summed E-state index contributed by atoms with van der Waals surface area (Å²) in [6.45, 7) is 7.89. The smallest absolute Gasteiger partial charge is 0.242 e. The molecule has 1 aliphatic carbocycles. The van der Waals surface area contributed by atoms with E-state index in [9.17, 15) is 8.42 Å². The number of halogens is 2. The van der Waals surface area contributed by atoms with Gasteiger partial charge in [0.15, 0.2) is 0 Å². The quantitative estimate of drug-likeness (QED) is 0.826. The average Bonchev–Trinajstić information content (AvgIpc) is 2.34. The van der Waals surface area contributed by atoms with Crippen LogP contribution in [0.15, 0.2) is 27.6 Å². The third kappa shape index (κ3) is 2.77. The Morgan fingerprint density at radius 1 is 1.24 bits per heavy atom. The SMILES string of the molecule is CC1(C)C(N)C(C)(C)C1NS(=O)(=O)c1ccc(Br)cc1Cl. The number of nitrogens with two attached hydrogens (primary N) is 1. The van der Waals surface area contributed by atoms with Gasteiger partial charge < -0.3 is 5.73 Å². The molecular formula is C14H20BrClN2O2S. The molecule has 3 N–H and O–H groups in total. The molecule has 1 fully saturated rings. The minimum absolute atomic E-state index is 0.0712. The zero-order chi connectivity index (χ0) is 16.2. The molecule has 1 aliphatic rings. The maximum atomic E-state index is 12.6. The van der Waals surface area contributed by atoms with Crippen LogP contribution in [0.25, 0.3) is 0 Å². The van der Waals surface area contributed by atoms with E-state index in [1.165, 1.54) is 6.07 Å². The Morgan fingerprint density at radius 3 is 2.24 bits per heavy atom. The van der Waals surface area contributed by atoms with Crippen LogP contribution in [-0.4, -0.2) is 20.5 Å². The molecule has 0 unspecified atom stereocenters. The Labute approximate surface area is 139 Å². The third-order valence-electron chi connectivity index (χ3n) is 4.55. The van der Waals surface area contributed by atoms with Crippen LogP contribution in [0.1, 0.15) is 27.7 Å². The van der Waals surface area contributed by atoms with Gasteiger partial charge in [0.05, 0.1) is 5.02 Å². The first kappa shape index (κ1) is 17.2. The topological polar surface area (TPSA) is 72.2 Å². The zero-order valence-electron chi connectivity index (χ0n) is 12.4. The maximum absolute atomic E-state index is 12.6. The van der Waals surface area contributed by atoms with E-state index in [-0.39, 0.29) is 32.8 Å². The second-order valence-electron chi connectivity index (χ2n) is 6.75. The van der Waals surface area contributed by atoms with Gasteiger partial charge in [0.25, 0.3) is 0 Å². The molecule has 0 atom stereocenters. The lowest BCUT2D eigenvalue weighted by Crippen LogP contribution is -2.75. The predicted octanol–water partition coefficient (Wildman–Crippen LogP) is 3.14. The lowest BCUT2D eigenvalue weighted by molar-refractivity contribution is -0.0593. The van der Waals surface area contributed by atoms with Crippen molar-refractivity contribution in [2.45, 2.75) is 44.7 Å². The van der Waals surface area contributed by atoms with Crippen LogP contribution < -0.4 is 10.5 Å². The fourth-order valence-electron chi connectivity index (χ4n) is 3.40. The van der Waals surface area contributed by atoms with Crippen LogP contribution in [0.3, 0.4) is 0 Å². The molecule has 1 saturated carbocycles. The van der Waals surface area contributed by atoms with Crippen LogP contribution in [0.5, 0.6) is 0 Å². The summed E-state index contributed by atoms with van der Waals surface area (Å²) in [6.07, 6.45) is 0. The summed E-state index contributed by atoms with van der Waals surface area (Å²) in [5, 5.41) is 0.191. The van der Waals surface area contributed by atoms with E-state index in [4.69, 9.17) is 17.3 Å². The number of hydrogen-bond acceptors (Lipinski definition) is 3. The molecule has 2 rings (SSSR count). The van der Waals surface area contributed by atoms with Gasteiger partial charge in [-0.05, 0) is 29.0 Å². The molecule has 0 aliphatic heterocycles. The molecule has 0 amide bonds. The predicted molar refractivity (Wildman–Crippen MR) is 88.8 cm³/mol. The molecule has 21 heavy (non-hydrogen) atoms. The highest BCUT2D eigenvalue weighted by molar-refractivity contribution is 9.10. The lowest BCUT2D eigenvalue weighted by Gasteiger charge is -2.62. The Bertz CT molecular complexity index is 658. The van der Waals surface area contributed by atoms with Gasteiger partial charge >= 0.3 is 0 Å². The molecular weight excluding hydrogens is 376 g/mol. The van der Waals surface area contributed by atoms with Crippen LogP contribution in [0.2, 0.25) is 5.02 Å². The number of nitrogens with one attached hydrogen (secondary N) is 1. The van der Waals surface area contributed by atoms with Crippen LogP contribution >= 0.6 is 27.5 Å². The highest BCUT2D eigenvalue weighted by atomic mass is 79.9. The number of sulfonamides is 1. The van der Waals surface area contributed by atoms with Crippen LogP contribution in [0.4, 0.5) is 0 Å². The van der Waals surface area contributed by atoms with E-state index < -0.39 is 10.0 Å². The second kappa shape index (κ2) is 5.20. The van der Waals surface area contributed by atoms with Crippen molar-refractivity contribution in [3.63, 3.8) is 0 Å². The van der Waals surface area contributed by atoms with E-state index in [1.54, 1.807) is 12.1 Å². The van der Waals surface area contributed by atoms with Gasteiger partial charge in [0.1, 0.15) is 4.90 Å². The highest BCUT2D eigenvalue weighted by Gasteiger charge is 2.61. The van der Waals surface area contributed by atoms with E-state index in [0.29, 0.717) is 0 Å². The second-order valence-corrected chi connectivity index (χ2v) is 9.75. The minimum Gasteiger partial charge on any atom is -0.327 e. The van der Waals surface area contributed by atoms with Crippen molar-refractivity contribution < 1.29 is 8.42 Å². The van der Waals surface area contributed by atoms with Crippen molar-refractivity contribution in [2.24, 2.45) is 16.6 Å². The summed E-state index contributed by atoms with van der Waals surface area (Å²) in [7, 11) is -3.69. The summed E-state index contributed by atoms with van der Waals surface area (Å²) in [5.74, 6) is 0. The fraction of sp³-hybridized carbons (Fsp3) is 0.571. The third-order valence-corrected chi connectivity index (χ3v) is 6.95. The average molecular weight is 396 g/mol. The van der Waals surface area contributed by atoms with Gasteiger partial charge in [-0.15, -0.1) is 0 Å². The molecule has 4 nitrogen and oxygen atoms in total. The summed E-state index contributed by atoms with van der Waals surface area (Å²) >= 11 is 9.32. The van der Waals surface area contributed by atoms with Gasteiger partial charge in [-0.25, -0.2) is 13.1 Å². The fourth-order valence-corrected chi connectivity index (χ4v) is 5.98. The van der Waals surface area contributed by atoms with Gasteiger partial charge in [-0.3, -0.25) is 0 Å². The first-order valence-electron chi connectivity index (χ1n) is 6.63. The molecule has 0 radical (unpaired) electrons. The van der Waals surface area contributed by atoms with Crippen molar-refractivity contribution in [1.82, 2.24) is 4.72 Å². The van der Waals surface area contributed by atoms with Crippen molar-refractivity contribution in [3.8, 4) is 0 Å². The normalized spacial score (nSPS) is 27.2. The number of benzene rings is 1. The Hall–Kier alpha value is -0.140. The number of rotatable bonds is 3. The van der Waals surface area contributed by atoms with Gasteiger partial charge in [0.2, 0.25) is 10.0 Å². The lowest BCUT2D eigenvalue weighted by atomic mass is 9.49. The molecule has 0 aromatic heterocycles. The molecule has 1 aromatic rings. The molecule has 0 spiro atoms. The standard InChI is InChI=1S/C14H20BrClN2O2S/c1-13(2)11(17)14(3,4)12(13)18-21(19,20)10-6-5-8(15)7-9(10)16/h5-7,11-12,18H,17H2,1-4H3. The van der Waals surface area contributed by atoms with Gasteiger partial charge in [0, 0.05) is 16.6 Å². The largest absolute Gasteiger partial charge is 0.327 e. The highest BCUT2D eigenvalue weighted by Crippen LogP contribution is 2.53. The van der Waals surface area contributed by atoms with Gasteiger partial charge in [-0.2, -0.15) is 0 Å². The van der Waals surface area contributed by atoms with Crippen molar-refractivity contribution >= 4 is 37.6 Å². The van der Waals surface area contributed by atoms with E-state index >= 15 is 0 Å². The monoisotopic (exact) mass is 394 g/mol. The van der Waals surface area contributed by atoms with E-state index in [1.807, 2.05) is 27.7 Å². The van der Waals surface area contributed by atoms with Crippen LogP contribution in [-0.2, 0) is 10.0 Å². The Morgan fingerprint density at radius 2 is 1.76 bits per heavy atom. The van der Waals surface area contributed by atoms with E-state index in [0.717, 1.165) is 4.47 Å². The Kier molecular flexibility index (Phi) is 4.26. The van der Waals surface area contributed by atoms with Crippen molar-refractivity contribution in [3.05, 3.63) is 27.7 Å². The molecule has 1 aromatic carbocycles. The molecule has 0 saturated heterocycles. The number of hydrogen-bond donors (Lipinski definition) is 2. The van der Waals surface area contributed by atoms with Crippen LogP contribution in [0, 0.1) is 10.8 Å². The summed E-state index contributed by atoms with van der Waals surface area (Å²) in [4.78, 5) is 0.0828. The first-order valence-corrected chi connectivity index (χ1v) is 9.29. The van der Waals surface area contributed by atoms with Crippen molar-refractivity contribution in [1.29, 1.82) is 0 Å². The zero-order valence-corrected chi connectivity index (χ0v) is 15.6. The maximum Gasteiger partial charge on any atom is 0.242 e. The summed E-state index contributed by atoms with van der Waals surface area (Å²) < 4.78 is 28.7. The molecule has 0 bridgehead atoms. The molecule has 0 heterocycles. The van der Waals surface area contributed by atoms with Crippen molar-refractivity contribution in [2.75, 3.05) is 0 Å².